The molecule has 4 aromatic heterocycles. The summed E-state index contributed by atoms with van der Waals surface area (Å²) >= 11 is 3.22. The van der Waals surface area contributed by atoms with Gasteiger partial charge in [0.25, 0.3) is 23.6 Å². The van der Waals surface area contributed by atoms with E-state index in [9.17, 15) is 0 Å². The Hall–Kier alpha value is -6.38. The summed E-state index contributed by atoms with van der Waals surface area (Å²) in [5, 5.41) is 3.72. The molecule has 0 spiro atoms. The number of ether oxygens (including phenoxy) is 2. The molecule has 95 heavy (non-hydrogen) atoms. The minimum absolute atomic E-state index is 0.146. The van der Waals surface area contributed by atoms with E-state index >= 15 is 19.2 Å². The quantitative estimate of drug-likeness (QED) is 0.0371. The van der Waals surface area contributed by atoms with Crippen LogP contribution in [0.4, 0.5) is 0 Å². The molecule has 14 heteroatoms. The second-order valence-electron chi connectivity index (χ2n) is 27.8. The molecule has 0 bridgehead atoms. The summed E-state index contributed by atoms with van der Waals surface area (Å²) in [5.74, 6) is 3.57. The maximum absolute atomic E-state index is 15.8. The molecule has 0 saturated heterocycles. The first-order valence-electron chi connectivity index (χ1n) is 37.4. The van der Waals surface area contributed by atoms with Gasteiger partial charge in [-0.25, -0.2) is 0 Å². The van der Waals surface area contributed by atoms with Gasteiger partial charge in [0.15, 0.2) is 11.5 Å². The summed E-state index contributed by atoms with van der Waals surface area (Å²) in [6, 6.07) is 16.4. The first kappa shape index (κ1) is 71.4. The smallest absolute Gasteiger partial charge is 0.261 e. The lowest BCUT2D eigenvalue weighted by Crippen LogP contribution is -2.34. The Labute approximate surface area is 575 Å². The van der Waals surface area contributed by atoms with Crippen LogP contribution in [0.1, 0.15) is 252 Å². The third-order valence-electron chi connectivity index (χ3n) is 21.3. The van der Waals surface area contributed by atoms with Crippen LogP contribution in [0, 0.1) is 35.5 Å². The molecule has 0 saturated carbocycles. The van der Waals surface area contributed by atoms with E-state index in [0.29, 0.717) is 108 Å². The molecular formula is C81H110N4O8S2. The Kier molecular flexibility index (Phi) is 25.0. The van der Waals surface area contributed by atoms with Crippen molar-refractivity contribution in [2.24, 2.45) is 35.5 Å². The van der Waals surface area contributed by atoms with Crippen molar-refractivity contribution in [3.63, 3.8) is 0 Å². The highest BCUT2D eigenvalue weighted by Gasteiger charge is 2.52. The number of amides is 4. The number of furan rings is 2. The highest BCUT2D eigenvalue weighted by Crippen LogP contribution is 2.55. The molecule has 8 heterocycles. The van der Waals surface area contributed by atoms with E-state index < -0.39 is 0 Å². The number of carbonyl (C=O) groups is 4. The summed E-state index contributed by atoms with van der Waals surface area (Å²) in [4.78, 5) is 72.5. The van der Waals surface area contributed by atoms with E-state index in [-0.39, 0.29) is 47.3 Å². The normalized spacial score (nSPS) is 17.2. The first-order chi connectivity index (χ1) is 46.3. The monoisotopic (exact) mass is 1330 g/mol. The highest BCUT2D eigenvalue weighted by atomic mass is 32.1. The molecule has 0 fully saturated rings. The van der Waals surface area contributed by atoms with Crippen LogP contribution in [0.5, 0.6) is 11.5 Å². The largest absolute Gasteiger partial charge is 0.491 e. The zero-order chi connectivity index (χ0) is 67.4. The zero-order valence-electron chi connectivity index (χ0n) is 59.6. The number of unbranched alkanes of at least 4 members (excludes halogenated alkanes) is 5. The third kappa shape index (κ3) is 14.8. The number of carbonyl (C=O) groups excluding carboxylic acids is 4. The van der Waals surface area contributed by atoms with Gasteiger partial charge >= 0.3 is 0 Å². The number of hydrogen-bond donors (Lipinski definition) is 0. The minimum atomic E-state index is -0.146. The van der Waals surface area contributed by atoms with Crippen molar-refractivity contribution >= 4 is 100 Å². The van der Waals surface area contributed by atoms with Gasteiger partial charge in [-0.2, -0.15) is 0 Å². The number of hydrogen-bond acceptors (Lipinski definition) is 10. The van der Waals surface area contributed by atoms with E-state index in [4.69, 9.17) is 18.3 Å². The summed E-state index contributed by atoms with van der Waals surface area (Å²) in [5.41, 5.74) is 4.32. The second kappa shape index (κ2) is 33.2. The number of nitrogens with zero attached hydrogens (tertiary/aromatic N) is 4. The van der Waals surface area contributed by atoms with Crippen molar-refractivity contribution in [1.82, 2.24) is 19.6 Å². The van der Waals surface area contributed by atoms with Crippen LogP contribution >= 0.6 is 22.7 Å². The zero-order valence-corrected chi connectivity index (χ0v) is 61.2. The Bertz CT molecular complexity index is 3760. The van der Waals surface area contributed by atoms with Crippen LogP contribution in [0.3, 0.4) is 0 Å². The van der Waals surface area contributed by atoms with Crippen LogP contribution < -0.4 is 9.47 Å². The van der Waals surface area contributed by atoms with Gasteiger partial charge in [0, 0.05) is 37.0 Å². The highest BCUT2D eigenvalue weighted by molar-refractivity contribution is 7.21. The molecule has 6 atom stereocenters. The van der Waals surface area contributed by atoms with Gasteiger partial charge in [-0.1, -0.05) is 192 Å². The molecule has 4 amide bonds. The molecule has 0 aliphatic carbocycles. The number of thiophene rings is 2. The van der Waals surface area contributed by atoms with Gasteiger partial charge in [-0.05, 0) is 133 Å². The molecule has 10 rings (SSSR count). The molecule has 4 aliphatic rings. The number of fused-ring (bicyclic) bond motifs is 5. The van der Waals surface area contributed by atoms with Crippen LogP contribution in [0.2, 0.25) is 0 Å². The SMILES string of the molecule is CCCCC(CC)COc1c2cc3cc(C4=C5C(=O)N(CC(CC)CCCC)C(c6ccco6)=C5C(=O)N4CC(CC)CCCC)sc3c(OCC(CC)CCC)c2cc2cc(C3=C4C(=O)N(CC(CC)CCCC)C(c5ccco5)=C4C(=O)N3CC(CC)CCCC)sc12. The predicted octanol–water partition coefficient (Wildman–Crippen LogP) is 21.7. The van der Waals surface area contributed by atoms with E-state index in [0.717, 1.165) is 200 Å². The topological polar surface area (TPSA) is 126 Å². The summed E-state index contributed by atoms with van der Waals surface area (Å²) in [7, 11) is 0. The second-order valence-corrected chi connectivity index (χ2v) is 29.9. The van der Waals surface area contributed by atoms with Gasteiger partial charge < -0.3 is 37.9 Å². The molecule has 0 N–H and O–H groups in total. The van der Waals surface area contributed by atoms with Crippen LogP contribution in [-0.4, -0.2) is 82.6 Å². The third-order valence-corrected chi connectivity index (χ3v) is 23.6. The molecule has 6 aromatic rings. The van der Waals surface area contributed by atoms with E-state index in [1.807, 2.05) is 43.9 Å². The van der Waals surface area contributed by atoms with Crippen molar-refractivity contribution in [3.05, 3.63) is 105 Å². The van der Waals surface area contributed by atoms with Crippen molar-refractivity contribution in [2.45, 2.75) is 231 Å². The first-order valence-corrected chi connectivity index (χ1v) is 39.0. The van der Waals surface area contributed by atoms with E-state index in [1.165, 1.54) is 0 Å². The van der Waals surface area contributed by atoms with Crippen LogP contribution in [0.25, 0.3) is 53.7 Å². The van der Waals surface area contributed by atoms with E-state index in [2.05, 4.69) is 107 Å². The lowest BCUT2D eigenvalue weighted by Gasteiger charge is -2.28. The maximum atomic E-state index is 15.8. The summed E-state index contributed by atoms with van der Waals surface area (Å²) in [6.07, 6.45) is 26.6. The Morgan fingerprint density at radius 2 is 0.684 bits per heavy atom. The number of rotatable bonds is 41. The molecule has 514 valence electrons. The average molecular weight is 1330 g/mol. The van der Waals surface area contributed by atoms with Gasteiger partial charge in [0.2, 0.25) is 0 Å². The van der Waals surface area contributed by atoms with Crippen molar-refractivity contribution < 1.29 is 37.5 Å². The minimum Gasteiger partial charge on any atom is -0.491 e. The Balaban J connectivity index is 1.23. The molecular weight excluding hydrogens is 1220 g/mol. The molecule has 12 nitrogen and oxygen atoms in total. The van der Waals surface area contributed by atoms with Crippen molar-refractivity contribution in [1.29, 1.82) is 0 Å². The van der Waals surface area contributed by atoms with Crippen LogP contribution in [0.15, 0.2) is 92.2 Å². The average Bonchev–Trinajstić information content (AvgIpc) is 1.57. The summed E-state index contributed by atoms with van der Waals surface area (Å²) < 4.78 is 29.2. The van der Waals surface area contributed by atoms with Gasteiger partial charge in [0.1, 0.15) is 22.9 Å². The van der Waals surface area contributed by atoms with Gasteiger partial charge in [0.05, 0.1) is 78.6 Å². The predicted molar refractivity (Wildman–Crippen MR) is 393 cm³/mol. The Morgan fingerprint density at radius 1 is 0.379 bits per heavy atom. The van der Waals surface area contributed by atoms with Crippen LogP contribution in [-0.2, 0) is 19.2 Å². The van der Waals surface area contributed by atoms with Crippen molar-refractivity contribution in [2.75, 3.05) is 39.4 Å². The molecule has 4 aliphatic heterocycles. The maximum Gasteiger partial charge on any atom is 0.261 e. The van der Waals surface area contributed by atoms with Gasteiger partial charge in [-0.15, -0.1) is 22.7 Å². The number of benzene rings is 2. The fourth-order valence-corrected chi connectivity index (χ4v) is 17.6. The lowest BCUT2D eigenvalue weighted by atomic mass is 9.98. The molecule has 6 unspecified atom stereocenters. The lowest BCUT2D eigenvalue weighted by molar-refractivity contribution is -0.124. The molecule has 0 radical (unpaired) electrons. The fourth-order valence-electron chi connectivity index (χ4n) is 15.1. The fraction of sp³-hybridized carbons (Fsp3) is 0.580. The Morgan fingerprint density at radius 3 is 0.979 bits per heavy atom. The van der Waals surface area contributed by atoms with Crippen molar-refractivity contribution in [3.8, 4) is 11.5 Å². The summed E-state index contributed by atoms with van der Waals surface area (Å²) in [6.45, 7) is 29.7. The van der Waals surface area contributed by atoms with Gasteiger partial charge in [-0.3, -0.25) is 19.2 Å². The molecule has 2 aromatic carbocycles. The van der Waals surface area contributed by atoms with E-state index in [1.54, 1.807) is 35.2 Å². The standard InChI is InChI=1S/C81H110N4O8S2/c1-13-25-33-52(19-7)46-82-70(62-38-30-40-90-62)66-68(80(82)88)72(84(78(66)86)48-54(21-9)35-27-15-3)64-44-58-43-61-60(74(76(58)94-64)92-50-56(23-11)32-18-6)42-59-45-65(95-77(59)75(61)93-51-57(24-12)37-29-17-5)73-69-67(79(87)85(73)49-55(22-10)36-28-16-4)71(63-39-31-41-91-63)83(81(69)89)47-53(20-8)34-26-14-2/h30-31,38-45,52-57H,13-29,32-37,46-51H2,1-12H3.